The molecule has 3 atom stereocenters. The van der Waals surface area contributed by atoms with E-state index in [4.69, 9.17) is 9.05 Å². The third kappa shape index (κ3) is 60.4. The van der Waals surface area contributed by atoms with Gasteiger partial charge in [-0.05, 0) is 44.9 Å². The molecule has 0 saturated carbocycles. The number of nitrogens with one attached hydrogen (secondary N) is 1. The maximum Gasteiger partial charge on any atom is 0.472 e. The lowest BCUT2D eigenvalue weighted by Crippen LogP contribution is -2.45. The van der Waals surface area contributed by atoms with Crippen LogP contribution in [0.3, 0.4) is 0 Å². The zero-order valence-corrected chi connectivity index (χ0v) is 52.4. The molecular weight excluding hydrogens is 960 g/mol. The van der Waals surface area contributed by atoms with Crippen molar-refractivity contribution in [3.8, 4) is 0 Å². The van der Waals surface area contributed by atoms with Gasteiger partial charge in [0.05, 0.1) is 39.9 Å². The van der Waals surface area contributed by atoms with Gasteiger partial charge in [-0.2, -0.15) is 0 Å². The molecule has 0 bridgehead atoms. The molecule has 0 aliphatic heterocycles. The fourth-order valence-electron chi connectivity index (χ4n) is 10.1. The molecule has 9 heteroatoms. The minimum absolute atomic E-state index is 0.0549. The number of rotatable bonds is 62. The van der Waals surface area contributed by atoms with Crippen molar-refractivity contribution < 1.29 is 32.9 Å². The summed E-state index contributed by atoms with van der Waals surface area (Å²) in [5.41, 5.74) is 0. The number of nitrogens with zero attached hydrogens (tertiary/aromatic N) is 1. The van der Waals surface area contributed by atoms with E-state index in [0.717, 1.165) is 51.4 Å². The van der Waals surface area contributed by atoms with Crippen molar-refractivity contribution in [2.24, 2.45) is 0 Å². The van der Waals surface area contributed by atoms with Crippen LogP contribution in [0, 0.1) is 0 Å². The number of allylic oxidation sites excluding steroid dienone is 5. The van der Waals surface area contributed by atoms with Crippen molar-refractivity contribution in [1.82, 2.24) is 5.32 Å². The monoisotopic (exact) mass is 1090 g/mol. The third-order valence-corrected chi connectivity index (χ3v) is 16.3. The SMILES string of the molecule is CCCCC/C=C/CC/C=C/CC/C=C/C(O)C(COP(=O)(O)OCC[N+](C)(C)C)NC(=O)CCCCCCCCCCCCCCCCCCCCCCCCCCCCCCCCCCCCCCCCCCC. The second-order valence-electron chi connectivity index (χ2n) is 24.2. The summed E-state index contributed by atoms with van der Waals surface area (Å²) in [5, 5.41) is 13.9. The first-order valence-corrected chi connectivity index (χ1v) is 34.9. The minimum atomic E-state index is -4.35. The van der Waals surface area contributed by atoms with E-state index < -0.39 is 20.0 Å². The van der Waals surface area contributed by atoms with Crippen LogP contribution in [0.5, 0.6) is 0 Å². The molecule has 0 saturated heterocycles. The van der Waals surface area contributed by atoms with Gasteiger partial charge in [-0.15, -0.1) is 0 Å². The molecule has 450 valence electrons. The molecule has 0 aliphatic rings. The van der Waals surface area contributed by atoms with Gasteiger partial charge in [0.1, 0.15) is 13.2 Å². The van der Waals surface area contributed by atoms with Gasteiger partial charge in [0.15, 0.2) is 0 Å². The summed E-state index contributed by atoms with van der Waals surface area (Å²) in [7, 11) is 1.56. The average molecular weight is 1090 g/mol. The summed E-state index contributed by atoms with van der Waals surface area (Å²) < 4.78 is 23.7. The summed E-state index contributed by atoms with van der Waals surface area (Å²) in [6.45, 7) is 4.79. The Hall–Kier alpha value is -1.28. The first kappa shape index (κ1) is 74.7. The summed E-state index contributed by atoms with van der Waals surface area (Å²) in [6, 6.07) is -0.867. The summed E-state index contributed by atoms with van der Waals surface area (Å²) in [4.78, 5) is 23.3. The van der Waals surface area contributed by atoms with E-state index in [2.05, 4.69) is 43.5 Å². The van der Waals surface area contributed by atoms with Crippen LogP contribution < -0.4 is 5.32 Å². The number of phosphoric ester groups is 1. The standard InChI is InChI=1S/C67H131N2O6P/c1-6-8-10-12-14-16-18-20-21-22-23-24-25-26-27-28-29-30-31-32-33-34-35-36-37-38-39-40-41-42-43-44-45-46-47-49-51-53-55-57-59-61-67(71)68-65(64-75-76(72,73)74-63-62-69(3,4)5)66(70)60-58-56-54-52-50-48-19-17-15-13-11-9-7-2/h15,17,50,52,58,60,65-66,70H,6-14,16,18-49,51,53-57,59,61-64H2,1-5H3,(H-,68,71,72,73)/p+1/b17-15+,52-50+,60-58+. The van der Waals surface area contributed by atoms with Crippen LogP contribution in [-0.2, 0) is 18.4 Å². The van der Waals surface area contributed by atoms with Crippen LogP contribution in [0.2, 0.25) is 0 Å². The highest BCUT2D eigenvalue weighted by molar-refractivity contribution is 7.47. The summed E-state index contributed by atoms with van der Waals surface area (Å²) in [5.74, 6) is -0.186. The normalized spacial score (nSPS) is 13.9. The predicted molar refractivity (Wildman–Crippen MR) is 332 cm³/mol. The second kappa shape index (κ2) is 58.4. The van der Waals surface area contributed by atoms with Gasteiger partial charge < -0.3 is 19.8 Å². The van der Waals surface area contributed by atoms with Crippen LogP contribution >= 0.6 is 7.82 Å². The van der Waals surface area contributed by atoms with Gasteiger partial charge in [-0.1, -0.05) is 320 Å². The Balaban J connectivity index is 3.81. The van der Waals surface area contributed by atoms with Gasteiger partial charge in [-0.25, -0.2) is 4.57 Å². The highest BCUT2D eigenvalue weighted by Crippen LogP contribution is 2.43. The van der Waals surface area contributed by atoms with Crippen molar-refractivity contribution in [3.63, 3.8) is 0 Å². The first-order chi connectivity index (χ1) is 37.0. The van der Waals surface area contributed by atoms with Crippen LogP contribution in [0.4, 0.5) is 0 Å². The number of carbonyl (C=O) groups is 1. The van der Waals surface area contributed by atoms with Crippen LogP contribution in [0.15, 0.2) is 36.5 Å². The fraction of sp³-hybridized carbons (Fsp3) is 0.896. The number of quaternary nitrogens is 1. The molecule has 0 rings (SSSR count). The minimum Gasteiger partial charge on any atom is -0.387 e. The van der Waals surface area contributed by atoms with Crippen molar-refractivity contribution in [2.75, 3.05) is 40.9 Å². The number of aliphatic hydroxyl groups is 1. The van der Waals surface area contributed by atoms with Gasteiger partial charge in [0, 0.05) is 6.42 Å². The number of likely N-dealkylation sites (N-methyl/N-ethyl adjacent to an activating group) is 1. The Morgan fingerprint density at radius 3 is 1.05 bits per heavy atom. The highest BCUT2D eigenvalue weighted by Gasteiger charge is 2.28. The predicted octanol–water partition coefficient (Wildman–Crippen LogP) is 20.9. The first-order valence-electron chi connectivity index (χ1n) is 33.4. The second-order valence-corrected chi connectivity index (χ2v) is 25.6. The quantitative estimate of drug-likeness (QED) is 0.0243. The average Bonchev–Trinajstić information content (AvgIpc) is 3.38. The largest absolute Gasteiger partial charge is 0.472 e. The number of carbonyl (C=O) groups excluding carboxylic acids is 1. The molecule has 3 N–H and O–H groups in total. The molecule has 3 unspecified atom stereocenters. The lowest BCUT2D eigenvalue weighted by atomic mass is 10.0. The molecule has 0 radical (unpaired) electrons. The molecule has 8 nitrogen and oxygen atoms in total. The molecule has 0 aliphatic carbocycles. The van der Waals surface area contributed by atoms with Crippen LogP contribution in [-0.4, -0.2) is 73.4 Å². The molecule has 0 spiro atoms. The van der Waals surface area contributed by atoms with Crippen molar-refractivity contribution >= 4 is 13.7 Å². The Kier molecular flexibility index (Phi) is 57.4. The molecule has 0 fully saturated rings. The third-order valence-electron chi connectivity index (χ3n) is 15.3. The number of amides is 1. The van der Waals surface area contributed by atoms with Crippen LogP contribution in [0.25, 0.3) is 0 Å². The highest BCUT2D eigenvalue weighted by atomic mass is 31.2. The molecule has 0 heterocycles. The van der Waals surface area contributed by atoms with Gasteiger partial charge >= 0.3 is 7.82 Å². The Labute approximate surface area is 474 Å². The summed E-state index contributed by atoms with van der Waals surface area (Å²) >= 11 is 0. The van der Waals surface area contributed by atoms with Crippen molar-refractivity contribution in [1.29, 1.82) is 0 Å². The number of unbranched alkanes of at least 4 members (excludes halogenated alkanes) is 45. The summed E-state index contributed by atoms with van der Waals surface area (Å²) in [6.07, 6.45) is 77.5. The number of hydrogen-bond donors (Lipinski definition) is 3. The Morgan fingerprint density at radius 2 is 0.724 bits per heavy atom. The van der Waals surface area contributed by atoms with E-state index in [-0.39, 0.29) is 19.1 Å². The van der Waals surface area contributed by atoms with Gasteiger partial charge in [0.25, 0.3) is 0 Å². The van der Waals surface area contributed by atoms with Crippen LogP contribution in [0.1, 0.15) is 335 Å². The molecule has 0 aromatic rings. The maximum absolute atomic E-state index is 13.0. The molecule has 1 amide bonds. The Morgan fingerprint density at radius 1 is 0.434 bits per heavy atom. The number of phosphoric acid groups is 1. The van der Waals surface area contributed by atoms with E-state index >= 15 is 0 Å². The van der Waals surface area contributed by atoms with E-state index in [1.807, 2.05) is 27.2 Å². The maximum atomic E-state index is 13.0. The molecule has 0 aromatic carbocycles. The van der Waals surface area contributed by atoms with E-state index in [1.54, 1.807) is 6.08 Å². The van der Waals surface area contributed by atoms with Gasteiger partial charge in [0.2, 0.25) is 5.91 Å². The zero-order valence-electron chi connectivity index (χ0n) is 51.5. The Bertz CT molecular complexity index is 1330. The van der Waals surface area contributed by atoms with Gasteiger partial charge in [-0.3, -0.25) is 13.8 Å². The number of aliphatic hydroxyl groups excluding tert-OH is 1. The molecule has 0 aromatic heterocycles. The van der Waals surface area contributed by atoms with E-state index in [0.29, 0.717) is 17.4 Å². The van der Waals surface area contributed by atoms with E-state index in [9.17, 15) is 19.4 Å². The lowest BCUT2D eigenvalue weighted by molar-refractivity contribution is -0.870. The lowest BCUT2D eigenvalue weighted by Gasteiger charge is -2.25. The molecular formula is C67H132N2O6P+. The van der Waals surface area contributed by atoms with Crippen molar-refractivity contribution in [2.45, 2.75) is 347 Å². The topological polar surface area (TPSA) is 105 Å². The fourth-order valence-corrected chi connectivity index (χ4v) is 10.9. The zero-order chi connectivity index (χ0) is 55.6. The molecule has 76 heavy (non-hydrogen) atoms. The smallest absolute Gasteiger partial charge is 0.387 e. The van der Waals surface area contributed by atoms with E-state index in [1.165, 1.54) is 263 Å². The van der Waals surface area contributed by atoms with Crippen molar-refractivity contribution in [3.05, 3.63) is 36.5 Å². The number of hydrogen-bond acceptors (Lipinski definition) is 5.